The molecule has 4 N–H and O–H groups in total. The number of carboxylic acid groups (broad SMARTS) is 1. The van der Waals surface area contributed by atoms with Crippen LogP contribution in [0, 0.1) is 17.3 Å². The molecule has 0 spiro atoms. The van der Waals surface area contributed by atoms with E-state index in [-0.39, 0.29) is 29.7 Å². The zero-order valence-electron chi connectivity index (χ0n) is 13.4. The monoisotopic (exact) mass is 286 g/mol. The van der Waals surface area contributed by atoms with E-state index in [0.717, 1.165) is 6.42 Å². The van der Waals surface area contributed by atoms with Crippen molar-refractivity contribution in [3.63, 3.8) is 0 Å². The van der Waals surface area contributed by atoms with Gasteiger partial charge < -0.3 is 16.2 Å². The van der Waals surface area contributed by atoms with E-state index in [2.05, 4.69) is 19.2 Å². The quantitative estimate of drug-likeness (QED) is 0.636. The Kier molecular flexibility index (Phi) is 7.79. The molecule has 0 aromatic carbocycles. The number of aliphatic carboxylic acids is 1. The third kappa shape index (κ3) is 8.15. The van der Waals surface area contributed by atoms with E-state index in [4.69, 9.17) is 10.8 Å². The normalized spacial score (nSPS) is 14.9. The van der Waals surface area contributed by atoms with Crippen LogP contribution < -0.4 is 11.1 Å². The molecule has 5 nitrogen and oxygen atoms in total. The van der Waals surface area contributed by atoms with Crippen molar-refractivity contribution in [2.45, 2.75) is 59.9 Å². The van der Waals surface area contributed by atoms with Crippen LogP contribution in [0.1, 0.15) is 53.9 Å². The minimum atomic E-state index is -0.900. The SMILES string of the molecule is CC(C)CC(CN)CC(=O)NC(CC(=O)O)C(C)(C)C. The van der Waals surface area contributed by atoms with Gasteiger partial charge in [0.15, 0.2) is 0 Å². The molecular formula is C15H30N2O3. The zero-order chi connectivity index (χ0) is 15.9. The highest BCUT2D eigenvalue weighted by Gasteiger charge is 2.29. The van der Waals surface area contributed by atoms with Crippen LogP contribution in [-0.4, -0.2) is 29.6 Å². The predicted octanol–water partition coefficient (Wildman–Crippen LogP) is 2.00. The molecule has 5 heteroatoms. The van der Waals surface area contributed by atoms with Gasteiger partial charge in [0.25, 0.3) is 0 Å². The number of hydrogen-bond acceptors (Lipinski definition) is 3. The summed E-state index contributed by atoms with van der Waals surface area (Å²) in [7, 11) is 0. The van der Waals surface area contributed by atoms with Gasteiger partial charge in [0.05, 0.1) is 6.42 Å². The lowest BCUT2D eigenvalue weighted by atomic mass is 9.84. The van der Waals surface area contributed by atoms with Crippen molar-refractivity contribution < 1.29 is 14.7 Å². The molecule has 0 aliphatic heterocycles. The number of carbonyl (C=O) groups excluding carboxylic acids is 1. The molecular weight excluding hydrogens is 256 g/mol. The van der Waals surface area contributed by atoms with Crippen molar-refractivity contribution in [1.29, 1.82) is 0 Å². The summed E-state index contributed by atoms with van der Waals surface area (Å²) >= 11 is 0. The fourth-order valence-electron chi connectivity index (χ4n) is 2.19. The highest BCUT2D eigenvalue weighted by molar-refractivity contribution is 5.77. The first-order valence-corrected chi connectivity index (χ1v) is 7.27. The van der Waals surface area contributed by atoms with Crippen LogP contribution in [0.3, 0.4) is 0 Å². The van der Waals surface area contributed by atoms with E-state index < -0.39 is 5.97 Å². The molecule has 0 saturated carbocycles. The second-order valence-corrected chi connectivity index (χ2v) is 7.02. The van der Waals surface area contributed by atoms with Crippen LogP contribution in [0.4, 0.5) is 0 Å². The molecule has 118 valence electrons. The summed E-state index contributed by atoms with van der Waals surface area (Å²) in [6.45, 7) is 10.5. The van der Waals surface area contributed by atoms with Crippen molar-refractivity contribution in [1.82, 2.24) is 5.32 Å². The lowest BCUT2D eigenvalue weighted by molar-refractivity contribution is -0.138. The van der Waals surface area contributed by atoms with Gasteiger partial charge >= 0.3 is 5.97 Å². The second kappa shape index (κ2) is 8.25. The van der Waals surface area contributed by atoms with E-state index in [1.165, 1.54) is 0 Å². The van der Waals surface area contributed by atoms with Crippen molar-refractivity contribution >= 4 is 11.9 Å². The van der Waals surface area contributed by atoms with Gasteiger partial charge in [0.1, 0.15) is 0 Å². The Balaban J connectivity index is 4.56. The van der Waals surface area contributed by atoms with Crippen LogP contribution in [0.5, 0.6) is 0 Å². The van der Waals surface area contributed by atoms with Crippen LogP contribution >= 0.6 is 0 Å². The van der Waals surface area contributed by atoms with E-state index >= 15 is 0 Å². The summed E-state index contributed by atoms with van der Waals surface area (Å²) in [4.78, 5) is 23.0. The van der Waals surface area contributed by atoms with E-state index in [1.54, 1.807) is 0 Å². The molecule has 0 aliphatic rings. The fourth-order valence-corrected chi connectivity index (χ4v) is 2.19. The van der Waals surface area contributed by atoms with Crippen molar-refractivity contribution in [3.05, 3.63) is 0 Å². The van der Waals surface area contributed by atoms with E-state index in [0.29, 0.717) is 18.9 Å². The highest BCUT2D eigenvalue weighted by atomic mass is 16.4. The molecule has 20 heavy (non-hydrogen) atoms. The number of hydrogen-bond donors (Lipinski definition) is 3. The summed E-state index contributed by atoms with van der Waals surface area (Å²) in [5.41, 5.74) is 5.41. The zero-order valence-corrected chi connectivity index (χ0v) is 13.4. The number of rotatable bonds is 8. The van der Waals surface area contributed by atoms with Gasteiger partial charge in [-0.3, -0.25) is 9.59 Å². The summed E-state index contributed by atoms with van der Waals surface area (Å²) in [5.74, 6) is -0.362. The maximum absolute atomic E-state index is 12.1. The van der Waals surface area contributed by atoms with Gasteiger partial charge in [0.2, 0.25) is 5.91 Å². The molecule has 1 amide bonds. The van der Waals surface area contributed by atoms with Gasteiger partial charge in [-0.1, -0.05) is 34.6 Å². The summed E-state index contributed by atoms with van der Waals surface area (Å²) in [6, 6.07) is -0.370. The molecule has 0 fully saturated rings. The van der Waals surface area contributed by atoms with Gasteiger partial charge in [-0.15, -0.1) is 0 Å². The lowest BCUT2D eigenvalue weighted by Crippen LogP contribution is -2.45. The van der Waals surface area contributed by atoms with Crippen molar-refractivity contribution in [2.24, 2.45) is 23.0 Å². The average molecular weight is 286 g/mol. The largest absolute Gasteiger partial charge is 0.481 e. The third-order valence-corrected chi connectivity index (χ3v) is 3.37. The smallest absolute Gasteiger partial charge is 0.305 e. The molecule has 2 unspecified atom stereocenters. The molecule has 0 bridgehead atoms. The first-order valence-electron chi connectivity index (χ1n) is 7.27. The first-order chi connectivity index (χ1) is 9.06. The maximum Gasteiger partial charge on any atom is 0.305 e. The summed E-state index contributed by atoms with van der Waals surface area (Å²) < 4.78 is 0. The Morgan fingerprint density at radius 2 is 1.75 bits per heavy atom. The molecule has 0 rings (SSSR count). The number of nitrogens with two attached hydrogens (primary N) is 1. The predicted molar refractivity (Wildman–Crippen MR) is 80.3 cm³/mol. The van der Waals surface area contributed by atoms with Crippen molar-refractivity contribution in [2.75, 3.05) is 6.54 Å². The molecule has 0 saturated heterocycles. The fraction of sp³-hybridized carbons (Fsp3) is 0.867. The van der Waals surface area contributed by atoms with E-state index in [9.17, 15) is 9.59 Å². The van der Waals surface area contributed by atoms with Gasteiger partial charge in [-0.25, -0.2) is 0 Å². The minimum Gasteiger partial charge on any atom is -0.481 e. The van der Waals surface area contributed by atoms with Crippen LogP contribution in [0.2, 0.25) is 0 Å². The molecule has 0 aliphatic carbocycles. The van der Waals surface area contributed by atoms with Crippen LogP contribution in [-0.2, 0) is 9.59 Å². The number of carboxylic acids is 1. The number of carbonyl (C=O) groups is 2. The Morgan fingerprint density at radius 3 is 2.10 bits per heavy atom. The van der Waals surface area contributed by atoms with Gasteiger partial charge in [0, 0.05) is 12.5 Å². The molecule has 0 aromatic heterocycles. The van der Waals surface area contributed by atoms with E-state index in [1.807, 2.05) is 20.8 Å². The molecule has 2 atom stereocenters. The van der Waals surface area contributed by atoms with Crippen molar-refractivity contribution in [3.8, 4) is 0 Å². The minimum absolute atomic E-state index is 0.0628. The second-order valence-electron chi connectivity index (χ2n) is 7.02. The van der Waals surface area contributed by atoms with Crippen LogP contribution in [0.15, 0.2) is 0 Å². The first kappa shape index (κ1) is 18.9. The molecule has 0 radical (unpaired) electrons. The highest BCUT2D eigenvalue weighted by Crippen LogP contribution is 2.22. The molecule has 0 aromatic rings. The number of nitrogens with one attached hydrogen (secondary N) is 1. The number of amides is 1. The Bertz CT molecular complexity index is 322. The third-order valence-electron chi connectivity index (χ3n) is 3.37. The van der Waals surface area contributed by atoms with Gasteiger partial charge in [-0.2, -0.15) is 0 Å². The maximum atomic E-state index is 12.1. The van der Waals surface area contributed by atoms with Crippen LogP contribution in [0.25, 0.3) is 0 Å². The topological polar surface area (TPSA) is 92.4 Å². The molecule has 0 heterocycles. The standard InChI is InChI=1S/C15H30N2O3/c1-10(2)6-11(9-16)7-13(18)17-12(8-14(19)20)15(3,4)5/h10-12H,6-9,16H2,1-5H3,(H,17,18)(H,19,20). The average Bonchev–Trinajstić information content (AvgIpc) is 2.24. The summed E-state index contributed by atoms with van der Waals surface area (Å²) in [5, 5.41) is 11.8. The van der Waals surface area contributed by atoms with Gasteiger partial charge in [-0.05, 0) is 30.2 Å². The lowest BCUT2D eigenvalue weighted by Gasteiger charge is -2.31. The Hall–Kier alpha value is -1.10. The Labute approximate surface area is 122 Å². The Morgan fingerprint density at radius 1 is 1.20 bits per heavy atom. The summed E-state index contributed by atoms with van der Waals surface area (Å²) in [6.07, 6.45) is 1.20.